The topological polar surface area (TPSA) is 46.3 Å². The summed E-state index contributed by atoms with van der Waals surface area (Å²) in [7, 11) is 0. The Hall–Kier alpha value is -1.48. The van der Waals surface area contributed by atoms with E-state index < -0.39 is 0 Å². The standard InChI is InChI=1S/C16H21ClN2O/c1-16(2,3)11-6-8-19(9-7-11)15(20)13-5-4-12(17)10-14(13)18/h4-6,10H,7-9,18H2,1-3H3. The molecule has 0 aromatic heterocycles. The van der Waals surface area contributed by atoms with Crippen LogP contribution in [0.25, 0.3) is 0 Å². The quantitative estimate of drug-likeness (QED) is 0.633. The van der Waals surface area contributed by atoms with Gasteiger partial charge in [0, 0.05) is 23.8 Å². The number of hydrogen-bond donors (Lipinski definition) is 1. The second-order valence-corrected chi connectivity index (χ2v) is 6.65. The molecule has 1 aromatic rings. The van der Waals surface area contributed by atoms with E-state index in [9.17, 15) is 4.79 Å². The predicted molar refractivity (Wildman–Crippen MR) is 83.9 cm³/mol. The minimum atomic E-state index is -0.0247. The number of amides is 1. The molecule has 0 bridgehead atoms. The number of anilines is 1. The second-order valence-electron chi connectivity index (χ2n) is 6.21. The molecule has 0 atom stereocenters. The molecule has 0 radical (unpaired) electrons. The lowest BCUT2D eigenvalue weighted by Crippen LogP contribution is -2.36. The van der Waals surface area contributed by atoms with Crippen molar-refractivity contribution in [2.45, 2.75) is 27.2 Å². The Kier molecular flexibility index (Phi) is 4.09. The Bertz CT molecular complexity index is 558. The third kappa shape index (κ3) is 3.15. The van der Waals surface area contributed by atoms with E-state index in [0.717, 1.165) is 13.0 Å². The number of halogens is 1. The average molecular weight is 293 g/mol. The van der Waals surface area contributed by atoms with Crippen molar-refractivity contribution in [3.63, 3.8) is 0 Å². The number of carbonyl (C=O) groups is 1. The molecule has 0 saturated carbocycles. The average Bonchev–Trinajstić information content (AvgIpc) is 2.37. The van der Waals surface area contributed by atoms with E-state index in [1.165, 1.54) is 5.57 Å². The van der Waals surface area contributed by atoms with Crippen LogP contribution in [0.15, 0.2) is 29.8 Å². The van der Waals surface area contributed by atoms with Crippen LogP contribution >= 0.6 is 11.6 Å². The van der Waals surface area contributed by atoms with Crippen molar-refractivity contribution >= 4 is 23.2 Å². The highest BCUT2D eigenvalue weighted by Crippen LogP contribution is 2.30. The zero-order valence-corrected chi connectivity index (χ0v) is 13.0. The van der Waals surface area contributed by atoms with Gasteiger partial charge in [-0.15, -0.1) is 0 Å². The molecule has 1 heterocycles. The zero-order valence-electron chi connectivity index (χ0n) is 12.2. The lowest BCUT2D eigenvalue weighted by atomic mass is 9.83. The maximum atomic E-state index is 12.5. The molecule has 1 aliphatic heterocycles. The van der Waals surface area contributed by atoms with Gasteiger partial charge in [0.15, 0.2) is 0 Å². The number of carbonyl (C=O) groups excluding carboxylic acids is 1. The van der Waals surface area contributed by atoms with Gasteiger partial charge in [-0.3, -0.25) is 4.79 Å². The molecule has 108 valence electrons. The summed E-state index contributed by atoms with van der Waals surface area (Å²) in [4.78, 5) is 14.3. The van der Waals surface area contributed by atoms with Crippen LogP contribution in [-0.4, -0.2) is 23.9 Å². The van der Waals surface area contributed by atoms with Crippen LogP contribution in [0.4, 0.5) is 5.69 Å². The molecule has 1 amide bonds. The van der Waals surface area contributed by atoms with Crippen LogP contribution in [0.2, 0.25) is 5.02 Å². The first-order valence-corrected chi connectivity index (χ1v) is 7.20. The summed E-state index contributed by atoms with van der Waals surface area (Å²) in [5.74, 6) is -0.0247. The molecule has 0 unspecified atom stereocenters. The Morgan fingerprint density at radius 2 is 2.05 bits per heavy atom. The van der Waals surface area contributed by atoms with Gasteiger partial charge in [0.05, 0.1) is 5.56 Å². The number of nitrogen functional groups attached to an aromatic ring is 1. The van der Waals surface area contributed by atoms with E-state index in [4.69, 9.17) is 17.3 Å². The highest BCUT2D eigenvalue weighted by atomic mass is 35.5. The van der Waals surface area contributed by atoms with Crippen molar-refractivity contribution in [3.05, 3.63) is 40.4 Å². The van der Waals surface area contributed by atoms with Crippen molar-refractivity contribution in [2.75, 3.05) is 18.8 Å². The first-order chi connectivity index (χ1) is 9.29. The summed E-state index contributed by atoms with van der Waals surface area (Å²) in [6.45, 7) is 7.99. The minimum Gasteiger partial charge on any atom is -0.398 e. The molecule has 0 fully saturated rings. The molecule has 0 aliphatic carbocycles. The molecule has 4 heteroatoms. The molecule has 1 aliphatic rings. The minimum absolute atomic E-state index is 0.0247. The third-order valence-electron chi connectivity index (χ3n) is 3.70. The van der Waals surface area contributed by atoms with Crippen molar-refractivity contribution in [1.29, 1.82) is 0 Å². The highest BCUT2D eigenvalue weighted by Gasteiger charge is 2.24. The van der Waals surface area contributed by atoms with E-state index >= 15 is 0 Å². The number of rotatable bonds is 1. The van der Waals surface area contributed by atoms with E-state index in [2.05, 4.69) is 26.8 Å². The van der Waals surface area contributed by atoms with Gasteiger partial charge in [-0.2, -0.15) is 0 Å². The smallest absolute Gasteiger partial charge is 0.256 e. The third-order valence-corrected chi connectivity index (χ3v) is 3.94. The molecule has 1 aromatic carbocycles. The van der Waals surface area contributed by atoms with E-state index in [1.807, 2.05) is 4.90 Å². The monoisotopic (exact) mass is 292 g/mol. The maximum absolute atomic E-state index is 12.5. The van der Waals surface area contributed by atoms with Crippen molar-refractivity contribution in [2.24, 2.45) is 5.41 Å². The van der Waals surface area contributed by atoms with E-state index in [-0.39, 0.29) is 11.3 Å². The Morgan fingerprint density at radius 1 is 1.35 bits per heavy atom. The molecule has 0 spiro atoms. The van der Waals surface area contributed by atoms with Crippen LogP contribution < -0.4 is 5.73 Å². The SMILES string of the molecule is CC(C)(C)C1=CCN(C(=O)c2ccc(Cl)cc2N)CC1. The van der Waals surface area contributed by atoms with Gasteiger partial charge in [0.2, 0.25) is 0 Å². The number of nitrogens with zero attached hydrogens (tertiary/aromatic N) is 1. The van der Waals surface area contributed by atoms with E-state index in [1.54, 1.807) is 18.2 Å². The molecule has 20 heavy (non-hydrogen) atoms. The van der Waals surface area contributed by atoms with Crippen LogP contribution in [-0.2, 0) is 0 Å². The van der Waals surface area contributed by atoms with Crippen LogP contribution in [0, 0.1) is 5.41 Å². The van der Waals surface area contributed by atoms with Crippen molar-refractivity contribution in [3.8, 4) is 0 Å². The van der Waals surface area contributed by atoms with Crippen molar-refractivity contribution < 1.29 is 4.79 Å². The highest BCUT2D eigenvalue weighted by molar-refractivity contribution is 6.31. The Balaban J connectivity index is 2.14. The van der Waals surface area contributed by atoms with Gasteiger partial charge >= 0.3 is 0 Å². The predicted octanol–water partition coefficient (Wildman–Crippen LogP) is 3.74. The molecular formula is C16H21ClN2O. The molecule has 3 nitrogen and oxygen atoms in total. The Morgan fingerprint density at radius 3 is 2.55 bits per heavy atom. The van der Waals surface area contributed by atoms with Gasteiger partial charge in [-0.05, 0) is 30.0 Å². The van der Waals surface area contributed by atoms with E-state index in [0.29, 0.717) is 22.8 Å². The molecule has 2 rings (SSSR count). The van der Waals surface area contributed by atoms with Gasteiger partial charge in [-0.1, -0.05) is 44.0 Å². The fourth-order valence-electron chi connectivity index (χ4n) is 2.43. The summed E-state index contributed by atoms with van der Waals surface area (Å²) in [6, 6.07) is 5.02. The molecular weight excluding hydrogens is 272 g/mol. The van der Waals surface area contributed by atoms with Gasteiger partial charge in [-0.25, -0.2) is 0 Å². The van der Waals surface area contributed by atoms with Crippen LogP contribution in [0.5, 0.6) is 0 Å². The van der Waals surface area contributed by atoms with Crippen LogP contribution in [0.3, 0.4) is 0 Å². The molecule has 2 N–H and O–H groups in total. The number of nitrogens with two attached hydrogens (primary N) is 1. The van der Waals surface area contributed by atoms with Gasteiger partial charge < -0.3 is 10.6 Å². The lowest BCUT2D eigenvalue weighted by molar-refractivity contribution is 0.0766. The number of benzene rings is 1. The summed E-state index contributed by atoms with van der Waals surface area (Å²) >= 11 is 5.86. The molecule has 0 saturated heterocycles. The summed E-state index contributed by atoms with van der Waals surface area (Å²) in [6.07, 6.45) is 3.08. The largest absolute Gasteiger partial charge is 0.398 e. The summed E-state index contributed by atoms with van der Waals surface area (Å²) in [5, 5.41) is 0.549. The first-order valence-electron chi connectivity index (χ1n) is 6.83. The lowest BCUT2D eigenvalue weighted by Gasteiger charge is -2.32. The van der Waals surface area contributed by atoms with Crippen LogP contribution in [0.1, 0.15) is 37.6 Å². The van der Waals surface area contributed by atoms with Gasteiger partial charge in [0.25, 0.3) is 5.91 Å². The fourth-order valence-corrected chi connectivity index (χ4v) is 2.61. The first kappa shape index (κ1) is 14.9. The summed E-state index contributed by atoms with van der Waals surface area (Å²) < 4.78 is 0. The van der Waals surface area contributed by atoms with Crippen molar-refractivity contribution in [1.82, 2.24) is 4.90 Å². The number of hydrogen-bond acceptors (Lipinski definition) is 2. The fraction of sp³-hybridized carbons (Fsp3) is 0.438. The summed E-state index contributed by atoms with van der Waals surface area (Å²) in [5.41, 5.74) is 8.43. The van der Waals surface area contributed by atoms with Gasteiger partial charge in [0.1, 0.15) is 0 Å². The second kappa shape index (κ2) is 5.49. The Labute approximate surface area is 125 Å². The zero-order chi connectivity index (χ0) is 14.9. The normalized spacial score (nSPS) is 16.0. The maximum Gasteiger partial charge on any atom is 0.256 e.